The molecule has 1 N–H and O–H groups in total. The molecule has 0 spiro atoms. The Bertz CT molecular complexity index is 566. The van der Waals surface area contributed by atoms with Crippen molar-refractivity contribution in [1.82, 2.24) is 9.55 Å². The number of nitrogens with one attached hydrogen (secondary N) is 1. The molecule has 0 saturated heterocycles. The maximum atomic E-state index is 11.5. The molecule has 78 valence electrons. The summed E-state index contributed by atoms with van der Waals surface area (Å²) in [4.78, 5) is 25.9. The molecule has 0 aliphatic rings. The van der Waals surface area contributed by atoms with E-state index in [0.29, 0.717) is 12.2 Å². The van der Waals surface area contributed by atoms with E-state index >= 15 is 0 Å². The lowest BCUT2D eigenvalue weighted by Gasteiger charge is -2.07. The lowest BCUT2D eigenvalue weighted by Crippen LogP contribution is -2.29. The second-order valence-electron chi connectivity index (χ2n) is 3.05. The van der Waals surface area contributed by atoms with E-state index in [1.165, 1.54) is 17.4 Å². The molecule has 2 aromatic rings. The molecule has 0 saturated carbocycles. The van der Waals surface area contributed by atoms with Crippen LogP contribution in [0.25, 0.3) is 10.6 Å². The van der Waals surface area contributed by atoms with E-state index in [1.54, 1.807) is 4.57 Å². The fourth-order valence-electron chi connectivity index (χ4n) is 1.46. The molecule has 0 atom stereocenters. The number of H-pyrrole nitrogens is 1. The maximum Gasteiger partial charge on any atom is 0.328 e. The highest BCUT2D eigenvalue weighted by molar-refractivity contribution is 7.13. The Morgan fingerprint density at radius 1 is 1.47 bits per heavy atom. The molecule has 5 heteroatoms. The molecule has 4 nitrogen and oxygen atoms in total. The van der Waals surface area contributed by atoms with E-state index in [9.17, 15) is 9.59 Å². The highest BCUT2D eigenvalue weighted by Crippen LogP contribution is 2.21. The van der Waals surface area contributed by atoms with Gasteiger partial charge < -0.3 is 0 Å². The Balaban J connectivity index is 2.75. The topological polar surface area (TPSA) is 54.9 Å². The van der Waals surface area contributed by atoms with Crippen molar-refractivity contribution in [1.29, 1.82) is 0 Å². The van der Waals surface area contributed by atoms with E-state index in [0.717, 1.165) is 4.88 Å². The van der Waals surface area contributed by atoms with Gasteiger partial charge in [-0.1, -0.05) is 6.07 Å². The molecule has 0 fully saturated rings. The zero-order chi connectivity index (χ0) is 10.8. The SMILES string of the molecule is CCn1c(-c2cccs2)cc(=O)[nH]c1=O. The van der Waals surface area contributed by atoms with Crippen LogP contribution in [-0.2, 0) is 6.54 Å². The van der Waals surface area contributed by atoms with Crippen LogP contribution in [0.15, 0.2) is 33.2 Å². The third-order valence-corrected chi connectivity index (χ3v) is 3.02. The summed E-state index contributed by atoms with van der Waals surface area (Å²) < 4.78 is 1.55. The molecule has 2 heterocycles. The zero-order valence-electron chi connectivity index (χ0n) is 8.19. The molecule has 2 rings (SSSR count). The Morgan fingerprint density at radius 2 is 2.27 bits per heavy atom. The number of nitrogens with zero attached hydrogens (tertiary/aromatic N) is 1. The predicted octanol–water partition coefficient (Wildman–Crippen LogP) is 1.28. The fourth-order valence-corrected chi connectivity index (χ4v) is 2.21. The van der Waals surface area contributed by atoms with Crippen molar-refractivity contribution in [2.24, 2.45) is 0 Å². The van der Waals surface area contributed by atoms with Crippen molar-refractivity contribution >= 4 is 11.3 Å². The largest absolute Gasteiger partial charge is 0.328 e. The number of hydrogen-bond donors (Lipinski definition) is 1. The van der Waals surface area contributed by atoms with Gasteiger partial charge in [0.05, 0.1) is 10.6 Å². The number of rotatable bonds is 2. The first kappa shape index (κ1) is 9.92. The van der Waals surface area contributed by atoms with E-state index in [-0.39, 0.29) is 11.2 Å². The van der Waals surface area contributed by atoms with Crippen LogP contribution in [-0.4, -0.2) is 9.55 Å². The van der Waals surface area contributed by atoms with Crippen LogP contribution in [0.3, 0.4) is 0 Å². The molecule has 0 aliphatic heterocycles. The van der Waals surface area contributed by atoms with Gasteiger partial charge in [0.25, 0.3) is 5.56 Å². The summed E-state index contributed by atoms with van der Waals surface area (Å²) in [6.45, 7) is 2.42. The highest BCUT2D eigenvalue weighted by Gasteiger charge is 2.07. The van der Waals surface area contributed by atoms with E-state index in [2.05, 4.69) is 4.98 Å². The Labute approximate surface area is 89.8 Å². The highest BCUT2D eigenvalue weighted by atomic mass is 32.1. The summed E-state index contributed by atoms with van der Waals surface area (Å²) in [5, 5.41) is 1.92. The summed E-state index contributed by atoms with van der Waals surface area (Å²) in [5.74, 6) is 0. The zero-order valence-corrected chi connectivity index (χ0v) is 9.00. The average Bonchev–Trinajstić information content (AvgIpc) is 2.69. The van der Waals surface area contributed by atoms with Crippen LogP contribution in [0, 0.1) is 0 Å². The summed E-state index contributed by atoms with van der Waals surface area (Å²) in [7, 11) is 0. The monoisotopic (exact) mass is 222 g/mol. The molecule has 2 aromatic heterocycles. The lowest BCUT2D eigenvalue weighted by molar-refractivity contribution is 0.703. The van der Waals surface area contributed by atoms with Gasteiger partial charge in [-0.25, -0.2) is 4.79 Å². The summed E-state index contributed by atoms with van der Waals surface area (Å²) in [5.41, 5.74) is -0.0252. The fraction of sp³-hybridized carbons (Fsp3) is 0.200. The molecule has 15 heavy (non-hydrogen) atoms. The summed E-state index contributed by atoms with van der Waals surface area (Å²) in [6.07, 6.45) is 0. The second kappa shape index (κ2) is 3.86. The van der Waals surface area contributed by atoms with E-state index in [1.807, 2.05) is 24.4 Å². The van der Waals surface area contributed by atoms with Gasteiger partial charge in [0.1, 0.15) is 0 Å². The van der Waals surface area contributed by atoms with Crippen molar-refractivity contribution in [3.05, 3.63) is 44.4 Å². The molecular weight excluding hydrogens is 212 g/mol. The molecular formula is C10H10N2O2S. The van der Waals surface area contributed by atoms with Gasteiger partial charge in [-0.3, -0.25) is 14.3 Å². The molecule has 0 radical (unpaired) electrons. The first-order valence-electron chi connectivity index (χ1n) is 4.60. The minimum atomic E-state index is -0.354. The van der Waals surface area contributed by atoms with Gasteiger partial charge in [0.15, 0.2) is 0 Å². The first-order chi connectivity index (χ1) is 7.22. The average molecular weight is 222 g/mol. The van der Waals surface area contributed by atoms with Gasteiger partial charge in [0.2, 0.25) is 0 Å². The second-order valence-corrected chi connectivity index (χ2v) is 3.99. The molecule has 0 unspecified atom stereocenters. The standard InChI is InChI=1S/C10H10N2O2S/c1-2-12-7(8-4-3-5-15-8)6-9(13)11-10(12)14/h3-6H,2H2,1H3,(H,11,13,14). The number of aromatic amines is 1. The lowest BCUT2D eigenvalue weighted by atomic mass is 10.3. The quantitative estimate of drug-likeness (QED) is 0.832. The van der Waals surface area contributed by atoms with E-state index < -0.39 is 0 Å². The number of aromatic nitrogens is 2. The van der Waals surface area contributed by atoms with Crippen molar-refractivity contribution in [2.45, 2.75) is 13.5 Å². The van der Waals surface area contributed by atoms with Crippen LogP contribution in [0.5, 0.6) is 0 Å². The van der Waals surface area contributed by atoms with Crippen molar-refractivity contribution < 1.29 is 0 Å². The maximum absolute atomic E-state index is 11.5. The van der Waals surface area contributed by atoms with Crippen molar-refractivity contribution in [3.8, 4) is 10.6 Å². The molecule has 0 bridgehead atoms. The van der Waals surface area contributed by atoms with Crippen LogP contribution in [0.4, 0.5) is 0 Å². The van der Waals surface area contributed by atoms with Gasteiger partial charge >= 0.3 is 5.69 Å². The van der Waals surface area contributed by atoms with E-state index in [4.69, 9.17) is 0 Å². The number of hydrogen-bond acceptors (Lipinski definition) is 3. The van der Waals surface area contributed by atoms with Gasteiger partial charge in [-0.05, 0) is 18.4 Å². The molecule has 0 amide bonds. The van der Waals surface area contributed by atoms with Crippen LogP contribution in [0.2, 0.25) is 0 Å². The van der Waals surface area contributed by atoms with Crippen LogP contribution >= 0.6 is 11.3 Å². The van der Waals surface area contributed by atoms with Crippen molar-refractivity contribution in [2.75, 3.05) is 0 Å². The number of thiophene rings is 1. The predicted molar refractivity (Wildman–Crippen MR) is 60.3 cm³/mol. The van der Waals surface area contributed by atoms with Gasteiger partial charge in [-0.2, -0.15) is 0 Å². The Morgan fingerprint density at radius 3 is 2.87 bits per heavy atom. The smallest absolute Gasteiger partial charge is 0.293 e. The minimum absolute atomic E-state index is 0.353. The van der Waals surface area contributed by atoms with Crippen molar-refractivity contribution in [3.63, 3.8) is 0 Å². The minimum Gasteiger partial charge on any atom is -0.293 e. The normalized spacial score (nSPS) is 10.5. The third kappa shape index (κ3) is 1.78. The Kier molecular flexibility index (Phi) is 2.55. The molecule has 0 aromatic carbocycles. The van der Waals surface area contributed by atoms with Crippen LogP contribution in [0.1, 0.15) is 6.92 Å². The molecule has 0 aliphatic carbocycles. The van der Waals surface area contributed by atoms with Crippen LogP contribution < -0.4 is 11.2 Å². The first-order valence-corrected chi connectivity index (χ1v) is 5.48. The summed E-state index contributed by atoms with van der Waals surface area (Å²) in [6, 6.07) is 5.24. The van der Waals surface area contributed by atoms with Gasteiger partial charge in [0, 0.05) is 12.6 Å². The summed E-state index contributed by atoms with van der Waals surface area (Å²) >= 11 is 1.51. The third-order valence-electron chi connectivity index (χ3n) is 2.12. The Hall–Kier alpha value is -1.62. The van der Waals surface area contributed by atoms with Gasteiger partial charge in [-0.15, -0.1) is 11.3 Å².